The maximum absolute atomic E-state index is 9.04. The lowest BCUT2D eigenvalue weighted by molar-refractivity contribution is -0.122. The number of rotatable bonds is 0. The summed E-state index contributed by atoms with van der Waals surface area (Å²) in [6, 6.07) is 0. The summed E-state index contributed by atoms with van der Waals surface area (Å²) in [6.45, 7) is 0. The Labute approximate surface area is 69.5 Å². The van der Waals surface area contributed by atoms with Crippen LogP contribution in [0, 0.1) is 0 Å². The SMILES string of the molecule is OC1C(O)C(O)P(O)C(O)C1O. The van der Waals surface area contributed by atoms with Gasteiger partial charge in [0.2, 0.25) is 0 Å². The second-order valence-corrected chi connectivity index (χ2v) is 4.50. The predicted molar refractivity (Wildman–Crippen MR) is 39.2 cm³/mol. The molecule has 1 rings (SSSR count). The Bertz CT molecular complexity index is 107. The molecule has 6 nitrogen and oxygen atoms in total. The topological polar surface area (TPSA) is 121 Å². The van der Waals surface area contributed by atoms with Crippen molar-refractivity contribution in [3.8, 4) is 0 Å². The van der Waals surface area contributed by atoms with Crippen LogP contribution in [0.15, 0.2) is 0 Å². The number of hydrogen-bond acceptors (Lipinski definition) is 6. The second-order valence-electron chi connectivity index (χ2n) is 2.68. The third-order valence-corrected chi connectivity index (χ3v) is 3.55. The summed E-state index contributed by atoms with van der Waals surface area (Å²) in [5.41, 5.74) is 0. The van der Waals surface area contributed by atoms with E-state index < -0.39 is 38.2 Å². The van der Waals surface area contributed by atoms with E-state index in [0.717, 1.165) is 0 Å². The van der Waals surface area contributed by atoms with Crippen molar-refractivity contribution in [2.24, 2.45) is 0 Å². The van der Waals surface area contributed by atoms with Crippen molar-refractivity contribution in [3.63, 3.8) is 0 Å². The van der Waals surface area contributed by atoms with Crippen LogP contribution in [0.1, 0.15) is 0 Å². The van der Waals surface area contributed by atoms with E-state index in [2.05, 4.69) is 0 Å². The van der Waals surface area contributed by atoms with Gasteiger partial charge in [0.25, 0.3) is 0 Å². The summed E-state index contributed by atoms with van der Waals surface area (Å²) < 4.78 is 0. The van der Waals surface area contributed by atoms with E-state index in [9.17, 15) is 0 Å². The average molecular weight is 198 g/mol. The van der Waals surface area contributed by atoms with Crippen LogP contribution < -0.4 is 0 Å². The molecule has 1 saturated heterocycles. The highest BCUT2D eigenvalue weighted by Crippen LogP contribution is 2.47. The van der Waals surface area contributed by atoms with Crippen molar-refractivity contribution < 1.29 is 30.4 Å². The van der Waals surface area contributed by atoms with Crippen molar-refractivity contribution in [1.82, 2.24) is 0 Å². The van der Waals surface area contributed by atoms with Gasteiger partial charge >= 0.3 is 0 Å². The van der Waals surface area contributed by atoms with E-state index in [1.165, 1.54) is 0 Å². The molecule has 0 aromatic rings. The van der Waals surface area contributed by atoms with Crippen molar-refractivity contribution in [2.75, 3.05) is 0 Å². The van der Waals surface area contributed by atoms with Crippen LogP contribution in [0.25, 0.3) is 0 Å². The maximum Gasteiger partial charge on any atom is 0.128 e. The lowest BCUT2D eigenvalue weighted by atomic mass is 10.1. The minimum Gasteiger partial charge on any atom is -0.387 e. The molecule has 0 aliphatic carbocycles. The fraction of sp³-hybridized carbons (Fsp3) is 1.00. The quantitative estimate of drug-likeness (QED) is 0.232. The highest BCUT2D eigenvalue weighted by atomic mass is 31.1. The van der Waals surface area contributed by atoms with Gasteiger partial charge in [0.1, 0.15) is 30.0 Å². The van der Waals surface area contributed by atoms with Crippen LogP contribution >= 0.6 is 8.15 Å². The van der Waals surface area contributed by atoms with Gasteiger partial charge in [0.15, 0.2) is 0 Å². The van der Waals surface area contributed by atoms with Crippen LogP contribution in [-0.4, -0.2) is 60.4 Å². The maximum atomic E-state index is 9.04. The summed E-state index contributed by atoms with van der Waals surface area (Å²) in [7, 11) is -2.27. The first-order chi connectivity index (χ1) is 5.46. The van der Waals surface area contributed by atoms with Gasteiger partial charge in [0.05, 0.1) is 8.15 Å². The van der Waals surface area contributed by atoms with Crippen molar-refractivity contribution in [1.29, 1.82) is 0 Å². The van der Waals surface area contributed by atoms with E-state index in [-0.39, 0.29) is 0 Å². The average Bonchev–Trinajstić information content (AvgIpc) is 2.08. The molecule has 72 valence electrons. The van der Waals surface area contributed by atoms with E-state index in [1.54, 1.807) is 0 Å². The predicted octanol–water partition coefficient (Wildman–Crippen LogP) is -2.89. The lowest BCUT2D eigenvalue weighted by Crippen LogP contribution is -2.54. The van der Waals surface area contributed by atoms with Crippen molar-refractivity contribution in [2.45, 2.75) is 30.0 Å². The summed E-state index contributed by atoms with van der Waals surface area (Å²) in [5, 5.41) is 45.0. The first-order valence-electron chi connectivity index (χ1n) is 3.34. The van der Waals surface area contributed by atoms with Gasteiger partial charge in [-0.15, -0.1) is 0 Å². The molecule has 0 aromatic heterocycles. The Hall–Kier alpha value is 0.190. The molecule has 1 aliphatic rings. The van der Waals surface area contributed by atoms with Gasteiger partial charge in [-0.2, -0.15) is 0 Å². The van der Waals surface area contributed by atoms with Gasteiger partial charge in [0, 0.05) is 0 Å². The van der Waals surface area contributed by atoms with Crippen molar-refractivity contribution in [3.05, 3.63) is 0 Å². The third kappa shape index (κ3) is 1.47. The van der Waals surface area contributed by atoms with Gasteiger partial charge in [-0.1, -0.05) is 0 Å². The molecule has 1 fully saturated rings. The first kappa shape index (κ1) is 10.3. The molecule has 1 heterocycles. The molecule has 0 spiro atoms. The fourth-order valence-corrected chi connectivity index (χ4v) is 2.32. The standard InChI is InChI=1S/C5H11O6P/c6-1-2(7)4(9)12(11)5(10)3(1)8/h1-11H. The fourth-order valence-electron chi connectivity index (χ4n) is 1.02. The first-order valence-corrected chi connectivity index (χ1v) is 4.77. The summed E-state index contributed by atoms with van der Waals surface area (Å²) in [6.07, 6.45) is -4.85. The van der Waals surface area contributed by atoms with Gasteiger partial charge in [-0.05, 0) is 0 Å². The molecular formula is C5H11O6P. The largest absolute Gasteiger partial charge is 0.387 e. The number of hydrogen-bond donors (Lipinski definition) is 6. The van der Waals surface area contributed by atoms with E-state index in [1.807, 2.05) is 0 Å². The molecule has 0 saturated carbocycles. The molecule has 0 aromatic carbocycles. The number of aliphatic hydroxyl groups excluding tert-OH is 5. The lowest BCUT2D eigenvalue weighted by Gasteiger charge is -2.38. The zero-order valence-electron chi connectivity index (χ0n) is 6.02. The van der Waals surface area contributed by atoms with Crippen LogP contribution in [-0.2, 0) is 0 Å². The van der Waals surface area contributed by atoms with Crippen LogP contribution in [0.3, 0.4) is 0 Å². The van der Waals surface area contributed by atoms with Crippen LogP contribution in [0.5, 0.6) is 0 Å². The Morgan fingerprint density at radius 2 is 1.00 bits per heavy atom. The molecule has 4 unspecified atom stereocenters. The van der Waals surface area contributed by atoms with Gasteiger partial charge in [-0.3, -0.25) is 0 Å². The molecule has 6 N–H and O–H groups in total. The molecule has 12 heavy (non-hydrogen) atoms. The zero-order valence-corrected chi connectivity index (χ0v) is 6.91. The highest BCUT2D eigenvalue weighted by Gasteiger charge is 2.47. The molecule has 1 aliphatic heterocycles. The van der Waals surface area contributed by atoms with E-state index >= 15 is 0 Å². The summed E-state index contributed by atoms with van der Waals surface area (Å²) in [4.78, 5) is 9.04. The van der Waals surface area contributed by atoms with E-state index in [4.69, 9.17) is 30.4 Å². The molecule has 7 heteroatoms. The molecule has 0 bridgehead atoms. The highest BCUT2D eigenvalue weighted by molar-refractivity contribution is 7.52. The Morgan fingerprint density at radius 1 is 0.667 bits per heavy atom. The van der Waals surface area contributed by atoms with Crippen LogP contribution in [0.2, 0.25) is 0 Å². The monoisotopic (exact) mass is 198 g/mol. The Kier molecular flexibility index (Phi) is 3.01. The smallest absolute Gasteiger partial charge is 0.128 e. The van der Waals surface area contributed by atoms with Gasteiger partial charge in [-0.25, -0.2) is 0 Å². The third-order valence-electron chi connectivity index (χ3n) is 1.85. The Balaban J connectivity index is 2.76. The molecule has 0 radical (unpaired) electrons. The Morgan fingerprint density at radius 3 is 1.33 bits per heavy atom. The normalized spacial score (nSPS) is 55.5. The van der Waals surface area contributed by atoms with Gasteiger partial charge < -0.3 is 30.4 Å². The van der Waals surface area contributed by atoms with E-state index in [0.29, 0.717) is 0 Å². The molecular weight excluding hydrogens is 187 g/mol. The second kappa shape index (κ2) is 3.51. The molecule has 0 amide bonds. The summed E-state index contributed by atoms with van der Waals surface area (Å²) >= 11 is 0. The minimum atomic E-state index is -2.27. The number of aliphatic hydroxyl groups is 5. The van der Waals surface area contributed by atoms with Crippen LogP contribution in [0.4, 0.5) is 0 Å². The summed E-state index contributed by atoms with van der Waals surface area (Å²) in [5.74, 6) is -3.15. The minimum absolute atomic E-state index is 1.58. The zero-order chi connectivity index (χ0) is 9.46. The molecule has 4 atom stereocenters. The van der Waals surface area contributed by atoms with Crippen molar-refractivity contribution >= 4 is 8.15 Å².